The van der Waals surface area contributed by atoms with Crippen LogP contribution in [0.2, 0.25) is 0 Å². The summed E-state index contributed by atoms with van der Waals surface area (Å²) in [7, 11) is 0. The molecule has 0 atom stereocenters. The Labute approximate surface area is 185 Å². The molecule has 3 aliphatic rings. The van der Waals surface area contributed by atoms with Gasteiger partial charge >= 0.3 is 5.97 Å². The van der Waals surface area contributed by atoms with Crippen molar-refractivity contribution in [2.45, 2.75) is 129 Å². The van der Waals surface area contributed by atoms with Gasteiger partial charge < -0.3 is 4.74 Å². The monoisotopic (exact) mass is 415 g/mol. The molecule has 0 spiro atoms. The lowest BCUT2D eigenvalue weighted by molar-refractivity contribution is -0.157. The molecule has 3 fully saturated rings. The van der Waals surface area contributed by atoms with Crippen molar-refractivity contribution < 1.29 is 9.53 Å². The van der Waals surface area contributed by atoms with Crippen molar-refractivity contribution in [2.75, 3.05) is 0 Å². The van der Waals surface area contributed by atoms with E-state index in [1.807, 2.05) is 0 Å². The highest BCUT2D eigenvalue weighted by Gasteiger charge is 2.38. The normalized spacial score (nSPS) is 37.3. The molecular weight excluding hydrogens is 370 g/mol. The summed E-state index contributed by atoms with van der Waals surface area (Å²) in [5.41, 5.74) is -0.0342. The van der Waals surface area contributed by atoms with E-state index in [0.29, 0.717) is 0 Å². The van der Waals surface area contributed by atoms with Crippen molar-refractivity contribution in [3.8, 4) is 6.07 Å². The van der Waals surface area contributed by atoms with Gasteiger partial charge in [0.05, 0.1) is 17.4 Å². The molecule has 0 aromatic heterocycles. The van der Waals surface area contributed by atoms with Crippen LogP contribution >= 0.6 is 0 Å². The molecule has 30 heavy (non-hydrogen) atoms. The van der Waals surface area contributed by atoms with Crippen LogP contribution in [0.1, 0.15) is 123 Å². The fraction of sp³-hybridized carbons (Fsp3) is 0.926. The average Bonchev–Trinajstić information content (AvgIpc) is 2.79. The molecule has 0 N–H and O–H groups in total. The van der Waals surface area contributed by atoms with Gasteiger partial charge in [-0.15, -0.1) is 0 Å². The van der Waals surface area contributed by atoms with Crippen LogP contribution in [0.3, 0.4) is 0 Å². The largest absolute Gasteiger partial charge is 0.462 e. The SMILES string of the molecule is CCCCC1CCC(C(=O)OC2CCC(C3CCC(C#N)(CCC)CC3)CC2)CC1. The van der Waals surface area contributed by atoms with Crippen LogP contribution in [0, 0.1) is 40.4 Å². The third-order valence-corrected chi connectivity index (χ3v) is 8.77. The van der Waals surface area contributed by atoms with Gasteiger partial charge in [0.25, 0.3) is 0 Å². The van der Waals surface area contributed by atoms with Crippen LogP contribution < -0.4 is 0 Å². The van der Waals surface area contributed by atoms with Gasteiger partial charge in [0.2, 0.25) is 0 Å². The molecule has 3 saturated carbocycles. The van der Waals surface area contributed by atoms with Crippen molar-refractivity contribution in [1.82, 2.24) is 0 Å². The number of ether oxygens (including phenoxy) is 1. The number of carbonyl (C=O) groups excluding carboxylic acids is 1. The van der Waals surface area contributed by atoms with E-state index in [2.05, 4.69) is 19.9 Å². The van der Waals surface area contributed by atoms with Crippen LogP contribution in [-0.2, 0) is 9.53 Å². The second-order valence-corrected chi connectivity index (χ2v) is 10.8. The van der Waals surface area contributed by atoms with Crippen LogP contribution in [0.25, 0.3) is 0 Å². The minimum atomic E-state index is -0.0342. The Morgan fingerprint density at radius 1 is 0.900 bits per heavy atom. The third-order valence-electron chi connectivity index (χ3n) is 8.77. The lowest BCUT2D eigenvalue weighted by Gasteiger charge is -2.40. The van der Waals surface area contributed by atoms with Crippen molar-refractivity contribution >= 4 is 5.97 Å². The van der Waals surface area contributed by atoms with Crippen molar-refractivity contribution in [3.63, 3.8) is 0 Å². The molecule has 0 bridgehead atoms. The smallest absolute Gasteiger partial charge is 0.309 e. The summed E-state index contributed by atoms with van der Waals surface area (Å²) in [5.74, 6) is 2.68. The Morgan fingerprint density at radius 3 is 2.10 bits per heavy atom. The van der Waals surface area contributed by atoms with E-state index in [4.69, 9.17) is 4.74 Å². The molecule has 0 amide bonds. The van der Waals surface area contributed by atoms with Gasteiger partial charge in [-0.25, -0.2) is 0 Å². The van der Waals surface area contributed by atoms with E-state index >= 15 is 0 Å². The maximum Gasteiger partial charge on any atom is 0.309 e. The summed E-state index contributed by atoms with van der Waals surface area (Å²) >= 11 is 0. The maximum absolute atomic E-state index is 12.7. The first-order chi connectivity index (χ1) is 14.6. The molecular formula is C27H45NO2. The van der Waals surface area contributed by atoms with E-state index < -0.39 is 0 Å². The number of esters is 1. The van der Waals surface area contributed by atoms with Crippen molar-refractivity contribution in [1.29, 1.82) is 5.26 Å². The van der Waals surface area contributed by atoms with E-state index in [1.165, 1.54) is 57.8 Å². The van der Waals surface area contributed by atoms with Gasteiger partial charge in [-0.2, -0.15) is 5.26 Å². The lowest BCUT2D eigenvalue weighted by atomic mass is 9.64. The van der Waals surface area contributed by atoms with Crippen LogP contribution in [0.5, 0.6) is 0 Å². The standard InChI is InChI=1S/C27H45NO2/c1-3-5-6-21-7-9-24(10-8-21)26(29)30-25-13-11-22(12-14-25)23-15-18-27(20-28,17-4-2)19-16-23/h21-25H,3-19H2,1-2H3. The number of nitrogens with zero attached hydrogens (tertiary/aromatic N) is 1. The molecule has 3 nitrogen and oxygen atoms in total. The summed E-state index contributed by atoms with van der Waals surface area (Å²) in [5, 5.41) is 9.65. The summed E-state index contributed by atoms with van der Waals surface area (Å²) in [6.07, 6.45) is 20.0. The molecule has 0 heterocycles. The number of hydrogen-bond acceptors (Lipinski definition) is 3. The summed E-state index contributed by atoms with van der Waals surface area (Å²) in [6, 6.07) is 2.66. The first-order valence-electron chi connectivity index (χ1n) is 13.2. The van der Waals surface area contributed by atoms with E-state index in [-0.39, 0.29) is 23.4 Å². The predicted molar refractivity (Wildman–Crippen MR) is 122 cm³/mol. The maximum atomic E-state index is 12.7. The lowest BCUT2D eigenvalue weighted by Crippen LogP contribution is -2.34. The minimum absolute atomic E-state index is 0.0342. The molecule has 3 heteroatoms. The molecule has 0 unspecified atom stereocenters. The summed E-state index contributed by atoms with van der Waals surface area (Å²) in [4.78, 5) is 12.7. The van der Waals surface area contributed by atoms with Gasteiger partial charge in [0.15, 0.2) is 0 Å². The van der Waals surface area contributed by atoms with Gasteiger partial charge in [-0.3, -0.25) is 4.79 Å². The minimum Gasteiger partial charge on any atom is -0.462 e. The van der Waals surface area contributed by atoms with Crippen LogP contribution in [-0.4, -0.2) is 12.1 Å². The number of rotatable bonds is 8. The van der Waals surface area contributed by atoms with Gasteiger partial charge in [0, 0.05) is 0 Å². The zero-order chi connectivity index (χ0) is 21.4. The number of hydrogen-bond donors (Lipinski definition) is 0. The third kappa shape index (κ3) is 6.24. The molecule has 3 aliphatic carbocycles. The Morgan fingerprint density at radius 2 is 1.53 bits per heavy atom. The molecule has 0 aliphatic heterocycles. The molecule has 0 saturated heterocycles. The predicted octanol–water partition coefficient (Wildman–Crippen LogP) is 7.59. The second-order valence-electron chi connectivity index (χ2n) is 10.8. The quantitative estimate of drug-likeness (QED) is 0.384. The first kappa shape index (κ1) is 23.6. The number of unbranched alkanes of at least 4 members (excludes halogenated alkanes) is 1. The molecule has 0 aromatic rings. The molecule has 3 rings (SSSR count). The average molecular weight is 416 g/mol. The highest BCUT2D eigenvalue weighted by Crippen LogP contribution is 2.47. The van der Waals surface area contributed by atoms with Crippen molar-refractivity contribution in [3.05, 3.63) is 0 Å². The summed E-state index contributed by atoms with van der Waals surface area (Å²) < 4.78 is 5.98. The highest BCUT2D eigenvalue weighted by molar-refractivity contribution is 5.72. The fourth-order valence-corrected chi connectivity index (χ4v) is 6.68. The number of nitriles is 1. The molecule has 0 aromatic carbocycles. The zero-order valence-electron chi connectivity index (χ0n) is 19.7. The van der Waals surface area contributed by atoms with E-state index in [9.17, 15) is 10.1 Å². The Kier molecular flexibility index (Phi) is 9.09. The first-order valence-corrected chi connectivity index (χ1v) is 13.2. The van der Waals surface area contributed by atoms with Gasteiger partial charge in [-0.1, -0.05) is 39.5 Å². The topological polar surface area (TPSA) is 50.1 Å². The Balaban J connectivity index is 1.35. The molecule has 0 radical (unpaired) electrons. The summed E-state index contributed by atoms with van der Waals surface area (Å²) in [6.45, 7) is 4.46. The second kappa shape index (κ2) is 11.5. The Bertz CT molecular complexity index is 556. The number of carbonyl (C=O) groups is 1. The van der Waals surface area contributed by atoms with E-state index in [0.717, 1.165) is 69.1 Å². The fourth-order valence-electron chi connectivity index (χ4n) is 6.68. The van der Waals surface area contributed by atoms with Crippen LogP contribution in [0.4, 0.5) is 0 Å². The van der Waals surface area contributed by atoms with Crippen molar-refractivity contribution in [2.24, 2.45) is 29.1 Å². The van der Waals surface area contributed by atoms with Gasteiger partial charge in [0.1, 0.15) is 6.10 Å². The molecule has 170 valence electrons. The Hall–Kier alpha value is -1.04. The van der Waals surface area contributed by atoms with E-state index in [1.54, 1.807) is 0 Å². The zero-order valence-corrected chi connectivity index (χ0v) is 19.7. The highest BCUT2D eigenvalue weighted by atomic mass is 16.5. The van der Waals surface area contributed by atoms with Gasteiger partial charge in [-0.05, 0) is 101 Å². The van der Waals surface area contributed by atoms with Crippen LogP contribution in [0.15, 0.2) is 0 Å².